The van der Waals surface area contributed by atoms with Crippen molar-refractivity contribution in [3.05, 3.63) is 51.1 Å². The Kier molecular flexibility index (Phi) is 5.02. The van der Waals surface area contributed by atoms with Gasteiger partial charge >= 0.3 is 0 Å². The fourth-order valence-corrected chi connectivity index (χ4v) is 2.44. The third kappa shape index (κ3) is 3.22. The zero-order chi connectivity index (χ0) is 16.3. The van der Waals surface area contributed by atoms with E-state index in [1.807, 2.05) is 0 Å². The summed E-state index contributed by atoms with van der Waals surface area (Å²) in [5, 5.41) is 9.53. The van der Waals surface area contributed by atoms with Crippen molar-refractivity contribution in [2.45, 2.75) is 0 Å². The molecule has 0 fully saturated rings. The van der Waals surface area contributed by atoms with E-state index in [1.165, 1.54) is 38.5 Å². The summed E-state index contributed by atoms with van der Waals surface area (Å²) in [7, 11) is 2.87. The third-order valence-electron chi connectivity index (χ3n) is 3.06. The van der Waals surface area contributed by atoms with E-state index >= 15 is 0 Å². The summed E-state index contributed by atoms with van der Waals surface area (Å²) in [6, 6.07) is 8.83. The molecule has 0 aliphatic rings. The number of methoxy groups -OCH3 is 2. The average molecular weight is 412 g/mol. The van der Waals surface area contributed by atoms with Crippen molar-refractivity contribution in [2.24, 2.45) is 0 Å². The van der Waals surface area contributed by atoms with Crippen molar-refractivity contribution in [3.63, 3.8) is 0 Å². The normalized spacial score (nSPS) is 10.1. The number of hydrogen-bond acceptors (Lipinski definition) is 5. The fourth-order valence-electron chi connectivity index (χ4n) is 1.88. The van der Waals surface area contributed by atoms with E-state index in [2.05, 4.69) is 22.6 Å². The van der Waals surface area contributed by atoms with E-state index in [1.54, 1.807) is 12.1 Å². The van der Waals surface area contributed by atoms with Gasteiger partial charge in [0.2, 0.25) is 11.6 Å². The van der Waals surface area contributed by atoms with Crippen molar-refractivity contribution >= 4 is 34.2 Å². The van der Waals surface area contributed by atoms with E-state index in [4.69, 9.17) is 9.47 Å². The van der Waals surface area contributed by atoms with Crippen LogP contribution >= 0.6 is 22.6 Å². The number of phenols is 1. The maximum absolute atomic E-state index is 12.3. The molecule has 0 aromatic heterocycles. The minimum absolute atomic E-state index is 0.0950. The molecule has 0 saturated heterocycles. The molecule has 1 N–H and O–H groups in total. The first-order chi connectivity index (χ1) is 10.5. The summed E-state index contributed by atoms with van der Waals surface area (Å²) in [6.07, 6.45) is 0. The number of carbonyl (C=O) groups excluding carboxylic acids is 2. The molecule has 0 heterocycles. The molecule has 0 radical (unpaired) electrons. The van der Waals surface area contributed by atoms with Crippen molar-refractivity contribution in [1.29, 1.82) is 0 Å². The molecule has 0 atom stereocenters. The Bertz CT molecular complexity index is 676. The van der Waals surface area contributed by atoms with E-state index in [0.29, 0.717) is 5.75 Å². The number of hydrogen-bond donors (Lipinski definition) is 1. The van der Waals surface area contributed by atoms with Gasteiger partial charge in [0.05, 0.1) is 17.8 Å². The lowest BCUT2D eigenvalue weighted by molar-refractivity contribution is 0.0816. The first-order valence-electron chi connectivity index (χ1n) is 6.27. The van der Waals surface area contributed by atoms with Gasteiger partial charge in [0.1, 0.15) is 5.75 Å². The Morgan fingerprint density at radius 2 is 1.41 bits per heavy atom. The number of aromatic hydroxyl groups is 1. The Morgan fingerprint density at radius 3 is 1.95 bits per heavy atom. The van der Waals surface area contributed by atoms with Crippen LogP contribution in [0.25, 0.3) is 0 Å². The lowest BCUT2D eigenvalue weighted by Gasteiger charge is -2.07. The zero-order valence-corrected chi connectivity index (χ0v) is 14.1. The quantitative estimate of drug-likeness (QED) is 0.464. The Morgan fingerprint density at radius 1 is 0.909 bits per heavy atom. The maximum Gasteiger partial charge on any atom is 0.233 e. The van der Waals surface area contributed by atoms with Crippen LogP contribution in [-0.2, 0) is 0 Å². The molecule has 6 heteroatoms. The molecule has 5 nitrogen and oxygen atoms in total. The minimum Gasteiger partial charge on any atom is -0.504 e. The van der Waals surface area contributed by atoms with Crippen LogP contribution in [0.15, 0.2) is 36.4 Å². The number of halogens is 1. The van der Waals surface area contributed by atoms with Crippen LogP contribution in [0.4, 0.5) is 0 Å². The number of ketones is 2. The summed E-state index contributed by atoms with van der Waals surface area (Å²) in [5.41, 5.74) is 0.395. The summed E-state index contributed by atoms with van der Waals surface area (Å²) in [6.45, 7) is 0. The van der Waals surface area contributed by atoms with Crippen LogP contribution in [0.5, 0.6) is 17.2 Å². The maximum atomic E-state index is 12.3. The second-order valence-corrected chi connectivity index (χ2v) is 5.56. The molecule has 0 amide bonds. The topological polar surface area (TPSA) is 72.8 Å². The van der Waals surface area contributed by atoms with Crippen LogP contribution in [0.1, 0.15) is 20.7 Å². The second-order valence-electron chi connectivity index (χ2n) is 4.39. The smallest absolute Gasteiger partial charge is 0.233 e. The van der Waals surface area contributed by atoms with E-state index in [0.717, 1.165) is 3.57 Å². The molecule has 0 bridgehead atoms. The third-order valence-corrected chi connectivity index (χ3v) is 3.95. The number of carbonyl (C=O) groups is 2. The lowest BCUT2D eigenvalue weighted by Crippen LogP contribution is -2.14. The first kappa shape index (κ1) is 16.3. The van der Waals surface area contributed by atoms with Gasteiger partial charge in [0, 0.05) is 11.1 Å². The van der Waals surface area contributed by atoms with E-state index < -0.39 is 11.6 Å². The molecule has 2 aromatic carbocycles. The summed E-state index contributed by atoms with van der Waals surface area (Å²) < 4.78 is 10.9. The predicted molar refractivity (Wildman–Crippen MR) is 89.0 cm³/mol. The molecule has 0 saturated carbocycles. The largest absolute Gasteiger partial charge is 0.504 e. The Balaban J connectivity index is 2.35. The van der Waals surface area contributed by atoms with Gasteiger partial charge in [0.25, 0.3) is 0 Å². The Hall–Kier alpha value is -2.09. The van der Waals surface area contributed by atoms with Gasteiger partial charge in [-0.05, 0) is 59.0 Å². The molecule has 0 aliphatic carbocycles. The highest BCUT2D eigenvalue weighted by Crippen LogP contribution is 2.27. The number of rotatable bonds is 5. The number of benzene rings is 2. The van der Waals surface area contributed by atoms with Crippen LogP contribution in [0.3, 0.4) is 0 Å². The van der Waals surface area contributed by atoms with Crippen molar-refractivity contribution < 1.29 is 24.2 Å². The number of phenolic OH excluding ortho intramolecular Hbond substituents is 1. The molecular formula is C16H13IO5. The van der Waals surface area contributed by atoms with Gasteiger partial charge in [-0.25, -0.2) is 0 Å². The van der Waals surface area contributed by atoms with E-state index in [9.17, 15) is 14.7 Å². The van der Waals surface area contributed by atoms with E-state index in [-0.39, 0.29) is 22.6 Å². The van der Waals surface area contributed by atoms with Crippen molar-refractivity contribution in [2.75, 3.05) is 14.2 Å². The van der Waals surface area contributed by atoms with Gasteiger partial charge in [-0.15, -0.1) is 0 Å². The summed E-state index contributed by atoms with van der Waals surface area (Å²) >= 11 is 2.08. The fraction of sp³-hybridized carbons (Fsp3) is 0.125. The molecule has 114 valence electrons. The predicted octanol–water partition coefficient (Wildman–Crippen LogP) is 3.08. The minimum atomic E-state index is -0.679. The second kappa shape index (κ2) is 6.78. The molecule has 0 unspecified atom stereocenters. The molecular weight excluding hydrogens is 399 g/mol. The lowest BCUT2D eigenvalue weighted by atomic mass is 10.0. The molecule has 2 rings (SSSR count). The SMILES string of the molecule is COc1cc(C(=O)C(=O)c2ccc(I)c(OC)c2)ccc1O. The molecule has 0 spiro atoms. The van der Waals surface area contributed by atoms with Crippen molar-refractivity contribution in [1.82, 2.24) is 0 Å². The first-order valence-corrected chi connectivity index (χ1v) is 7.35. The van der Waals surface area contributed by atoms with Gasteiger partial charge < -0.3 is 14.6 Å². The molecule has 0 aliphatic heterocycles. The van der Waals surface area contributed by atoms with Gasteiger partial charge in [-0.2, -0.15) is 0 Å². The van der Waals surface area contributed by atoms with Crippen LogP contribution in [-0.4, -0.2) is 30.9 Å². The highest BCUT2D eigenvalue weighted by Gasteiger charge is 2.20. The summed E-state index contributed by atoms with van der Waals surface area (Å²) in [5.74, 6) is -0.757. The highest BCUT2D eigenvalue weighted by molar-refractivity contribution is 14.1. The Labute approximate surface area is 141 Å². The van der Waals surface area contributed by atoms with Gasteiger partial charge in [-0.1, -0.05) is 0 Å². The van der Waals surface area contributed by atoms with Crippen LogP contribution < -0.4 is 9.47 Å². The number of ether oxygens (including phenoxy) is 2. The standard InChI is InChI=1S/C16H13IO5/c1-21-13-7-9(3-5-11(13)17)15(19)16(20)10-4-6-12(18)14(8-10)22-2/h3-8,18H,1-2H3. The number of Topliss-reactive ketones (excluding diaryl/α,β-unsaturated/α-hetero) is 2. The average Bonchev–Trinajstić information content (AvgIpc) is 2.54. The monoisotopic (exact) mass is 412 g/mol. The molecule has 22 heavy (non-hydrogen) atoms. The highest BCUT2D eigenvalue weighted by atomic mass is 127. The zero-order valence-electron chi connectivity index (χ0n) is 11.9. The van der Waals surface area contributed by atoms with Crippen LogP contribution in [0.2, 0.25) is 0 Å². The van der Waals surface area contributed by atoms with Gasteiger partial charge in [0.15, 0.2) is 11.5 Å². The summed E-state index contributed by atoms with van der Waals surface area (Å²) in [4.78, 5) is 24.6. The van der Waals surface area contributed by atoms with Crippen LogP contribution in [0, 0.1) is 3.57 Å². The van der Waals surface area contributed by atoms with Crippen molar-refractivity contribution in [3.8, 4) is 17.2 Å². The molecule has 2 aromatic rings. The van der Waals surface area contributed by atoms with Gasteiger partial charge in [-0.3, -0.25) is 9.59 Å².